The third-order valence-corrected chi connectivity index (χ3v) is 4.54. The summed E-state index contributed by atoms with van der Waals surface area (Å²) in [6.45, 7) is 2.03. The minimum Gasteiger partial charge on any atom is -0.506 e. The number of thiocarbonyl (C=S) groups is 1. The summed E-state index contributed by atoms with van der Waals surface area (Å²) in [6, 6.07) is 20.7. The Morgan fingerprint density at radius 2 is 1.67 bits per heavy atom. The fourth-order valence-electron chi connectivity index (χ4n) is 2.48. The van der Waals surface area contributed by atoms with Crippen molar-refractivity contribution < 1.29 is 5.11 Å². The van der Waals surface area contributed by atoms with Crippen molar-refractivity contribution in [2.45, 2.75) is 6.92 Å². The van der Waals surface area contributed by atoms with Crippen LogP contribution in [-0.2, 0) is 0 Å². The van der Waals surface area contributed by atoms with E-state index in [2.05, 4.69) is 5.32 Å². The summed E-state index contributed by atoms with van der Waals surface area (Å²) >= 11 is 12.1. The highest BCUT2D eigenvalue weighted by molar-refractivity contribution is 7.81. The molecule has 0 heterocycles. The molecule has 4 heteroatoms. The first-order valence-corrected chi connectivity index (χ1v) is 8.30. The van der Waals surface area contributed by atoms with E-state index in [-0.39, 0.29) is 5.75 Å². The third kappa shape index (κ3) is 3.42. The van der Waals surface area contributed by atoms with Crippen molar-refractivity contribution in [3.63, 3.8) is 0 Å². The molecule has 0 fully saturated rings. The Hall–Kier alpha value is -2.36. The number of rotatable bonds is 4. The predicted molar refractivity (Wildman–Crippen MR) is 105 cm³/mol. The molecule has 24 heavy (non-hydrogen) atoms. The van der Waals surface area contributed by atoms with Gasteiger partial charge in [-0.25, -0.2) is 0 Å². The number of phenols is 1. The largest absolute Gasteiger partial charge is 0.506 e. The molecule has 2 N–H and O–H groups in total. The van der Waals surface area contributed by atoms with Crippen LogP contribution in [0.5, 0.6) is 5.75 Å². The van der Waals surface area contributed by atoms with Crippen LogP contribution < -0.4 is 5.32 Å². The van der Waals surface area contributed by atoms with Gasteiger partial charge in [0, 0.05) is 11.3 Å². The molecule has 0 unspecified atom stereocenters. The first-order valence-electron chi connectivity index (χ1n) is 7.51. The summed E-state index contributed by atoms with van der Waals surface area (Å²) in [5, 5.41) is 13.6. The molecule has 2 nitrogen and oxygen atoms in total. The number of aromatic hydroxyl groups is 1. The fourth-order valence-corrected chi connectivity index (χ4v) is 3.22. The van der Waals surface area contributed by atoms with Gasteiger partial charge in [0.05, 0.1) is 15.6 Å². The summed E-state index contributed by atoms with van der Waals surface area (Å²) < 4.78 is 0. The van der Waals surface area contributed by atoms with Gasteiger partial charge in [0.2, 0.25) is 0 Å². The van der Waals surface area contributed by atoms with Crippen LogP contribution in [0.2, 0.25) is 5.02 Å². The standard InChI is InChI=1S/C20H16ClNOS/c1-13-6-2-3-7-15(13)20(24)16-11-10-14(12-17(16)21)22-18-8-4-5-9-19(18)23/h2-12,22-23H,1H3. The second-order valence-electron chi connectivity index (χ2n) is 5.48. The summed E-state index contributed by atoms with van der Waals surface area (Å²) in [5.41, 5.74) is 4.37. The van der Waals surface area contributed by atoms with E-state index >= 15 is 0 Å². The fraction of sp³-hybridized carbons (Fsp3) is 0.0500. The van der Waals surface area contributed by atoms with Gasteiger partial charge in [-0.15, -0.1) is 0 Å². The highest BCUT2D eigenvalue weighted by Gasteiger charge is 2.12. The van der Waals surface area contributed by atoms with Gasteiger partial charge in [-0.2, -0.15) is 0 Å². The lowest BCUT2D eigenvalue weighted by Crippen LogP contribution is -2.03. The van der Waals surface area contributed by atoms with E-state index in [0.717, 1.165) is 27.2 Å². The Morgan fingerprint density at radius 3 is 2.38 bits per heavy atom. The smallest absolute Gasteiger partial charge is 0.139 e. The molecule has 0 aliphatic rings. The average molecular weight is 354 g/mol. The number of aryl methyl sites for hydroxylation is 1. The summed E-state index contributed by atoms with van der Waals surface area (Å²) in [7, 11) is 0. The average Bonchev–Trinajstić information content (AvgIpc) is 2.57. The lowest BCUT2D eigenvalue weighted by Gasteiger charge is -2.12. The van der Waals surface area contributed by atoms with Crippen LogP contribution >= 0.6 is 23.8 Å². The maximum atomic E-state index is 9.85. The van der Waals surface area contributed by atoms with Gasteiger partial charge in [-0.05, 0) is 48.4 Å². The second-order valence-corrected chi connectivity index (χ2v) is 6.30. The first kappa shape index (κ1) is 16.5. The molecule has 0 amide bonds. The molecule has 0 radical (unpaired) electrons. The Labute approximate surface area is 151 Å². The Bertz CT molecular complexity index is 908. The number of nitrogens with one attached hydrogen (secondary N) is 1. The number of benzene rings is 3. The van der Waals surface area contributed by atoms with E-state index in [9.17, 15) is 5.11 Å². The summed E-state index contributed by atoms with van der Waals surface area (Å²) in [6.07, 6.45) is 0. The van der Waals surface area contributed by atoms with Crippen LogP contribution in [0.3, 0.4) is 0 Å². The molecule has 3 aromatic rings. The Kier molecular flexibility index (Phi) is 4.84. The van der Waals surface area contributed by atoms with Crippen molar-refractivity contribution in [2.75, 3.05) is 5.32 Å². The molecule has 0 bridgehead atoms. The zero-order valence-electron chi connectivity index (χ0n) is 13.1. The summed E-state index contributed by atoms with van der Waals surface area (Å²) in [5.74, 6) is 0.188. The zero-order chi connectivity index (χ0) is 17.1. The number of halogens is 1. The maximum Gasteiger partial charge on any atom is 0.139 e. The van der Waals surface area contributed by atoms with Gasteiger partial charge in [0.25, 0.3) is 0 Å². The normalized spacial score (nSPS) is 10.4. The molecule has 0 saturated carbocycles. The van der Waals surface area contributed by atoms with Gasteiger partial charge in [-0.1, -0.05) is 60.2 Å². The molecule has 0 aliphatic carbocycles. The van der Waals surface area contributed by atoms with Crippen LogP contribution in [0, 0.1) is 6.92 Å². The Morgan fingerprint density at radius 1 is 0.958 bits per heavy atom. The van der Waals surface area contributed by atoms with Crippen molar-refractivity contribution in [2.24, 2.45) is 0 Å². The highest BCUT2D eigenvalue weighted by atomic mass is 35.5. The minimum atomic E-state index is 0.188. The van der Waals surface area contributed by atoms with Crippen molar-refractivity contribution >= 4 is 40.1 Å². The number of anilines is 2. The first-order chi connectivity index (χ1) is 11.6. The molecule has 0 aliphatic heterocycles. The second kappa shape index (κ2) is 7.04. The topological polar surface area (TPSA) is 32.3 Å². The molecule has 120 valence electrons. The van der Waals surface area contributed by atoms with Crippen molar-refractivity contribution in [3.8, 4) is 5.75 Å². The zero-order valence-corrected chi connectivity index (χ0v) is 14.7. The van der Waals surface area contributed by atoms with Crippen molar-refractivity contribution in [1.29, 1.82) is 0 Å². The monoisotopic (exact) mass is 353 g/mol. The molecular formula is C20H16ClNOS. The molecule has 0 atom stereocenters. The minimum absolute atomic E-state index is 0.188. The maximum absolute atomic E-state index is 9.85. The lowest BCUT2D eigenvalue weighted by molar-refractivity contribution is 0.478. The lowest BCUT2D eigenvalue weighted by atomic mass is 10.00. The van der Waals surface area contributed by atoms with E-state index < -0.39 is 0 Å². The van der Waals surface area contributed by atoms with Crippen LogP contribution in [-0.4, -0.2) is 9.97 Å². The number of para-hydroxylation sites is 2. The predicted octanol–water partition coefficient (Wildman–Crippen LogP) is 5.86. The van der Waals surface area contributed by atoms with Crippen molar-refractivity contribution in [1.82, 2.24) is 0 Å². The van der Waals surface area contributed by atoms with Crippen LogP contribution in [0.25, 0.3) is 0 Å². The molecule has 0 spiro atoms. The van der Waals surface area contributed by atoms with E-state index in [0.29, 0.717) is 10.7 Å². The quantitative estimate of drug-likeness (QED) is 0.350. The van der Waals surface area contributed by atoms with E-state index in [4.69, 9.17) is 23.8 Å². The number of phenolic OH excluding ortho intramolecular Hbond substituents is 1. The molecule has 0 aromatic heterocycles. The highest BCUT2D eigenvalue weighted by Crippen LogP contribution is 2.30. The third-order valence-electron chi connectivity index (χ3n) is 3.79. The number of hydrogen-bond acceptors (Lipinski definition) is 3. The van der Waals surface area contributed by atoms with E-state index in [1.807, 2.05) is 55.5 Å². The van der Waals surface area contributed by atoms with Crippen molar-refractivity contribution in [3.05, 3.63) is 88.4 Å². The van der Waals surface area contributed by atoms with Gasteiger partial charge in [0.15, 0.2) is 0 Å². The van der Waals surface area contributed by atoms with E-state index in [1.54, 1.807) is 18.2 Å². The molecule has 3 aromatic carbocycles. The van der Waals surface area contributed by atoms with Crippen LogP contribution in [0.1, 0.15) is 16.7 Å². The van der Waals surface area contributed by atoms with Gasteiger partial charge in [0.1, 0.15) is 5.75 Å². The van der Waals surface area contributed by atoms with Crippen LogP contribution in [0.4, 0.5) is 11.4 Å². The van der Waals surface area contributed by atoms with Crippen LogP contribution in [0.15, 0.2) is 66.7 Å². The van der Waals surface area contributed by atoms with Gasteiger partial charge in [-0.3, -0.25) is 0 Å². The molecule has 0 saturated heterocycles. The van der Waals surface area contributed by atoms with E-state index in [1.165, 1.54) is 0 Å². The summed E-state index contributed by atoms with van der Waals surface area (Å²) in [4.78, 5) is 0.729. The molecular weight excluding hydrogens is 338 g/mol. The molecule has 3 rings (SSSR count). The SMILES string of the molecule is Cc1ccccc1C(=S)c1ccc(Nc2ccccc2O)cc1Cl. The number of hydrogen-bond donors (Lipinski definition) is 2. The van der Waals surface area contributed by atoms with Gasteiger partial charge < -0.3 is 10.4 Å². The van der Waals surface area contributed by atoms with Gasteiger partial charge >= 0.3 is 0 Å². The Balaban J connectivity index is 1.89.